The highest BCUT2D eigenvalue weighted by Gasteiger charge is 2.32. The summed E-state index contributed by atoms with van der Waals surface area (Å²) in [6.45, 7) is 3.10. The molecule has 0 spiro atoms. The predicted molar refractivity (Wildman–Crippen MR) is 101 cm³/mol. The Labute approximate surface area is 164 Å². The molecule has 1 aliphatic carbocycles. The van der Waals surface area contributed by atoms with Gasteiger partial charge >= 0.3 is 0 Å². The van der Waals surface area contributed by atoms with E-state index in [9.17, 15) is 14.0 Å². The molecule has 1 N–H and O–H groups in total. The molecular formula is C21H28FNO5. The molecule has 1 aromatic rings. The van der Waals surface area contributed by atoms with Crippen LogP contribution in [0.4, 0.5) is 4.39 Å². The number of methoxy groups -OCH3 is 1. The highest BCUT2D eigenvalue weighted by atomic mass is 19.1. The molecule has 1 aromatic carbocycles. The van der Waals surface area contributed by atoms with Gasteiger partial charge in [0.05, 0.1) is 31.4 Å². The van der Waals surface area contributed by atoms with Crippen LogP contribution >= 0.6 is 0 Å². The molecule has 3 rings (SSSR count). The molecule has 0 aromatic heterocycles. The maximum atomic E-state index is 14.5. The molecule has 0 bridgehead atoms. The van der Waals surface area contributed by atoms with Crippen molar-refractivity contribution in [2.45, 2.75) is 57.6 Å². The van der Waals surface area contributed by atoms with Crippen LogP contribution in [-0.2, 0) is 9.53 Å². The minimum Gasteiger partial charge on any atom is -0.496 e. The van der Waals surface area contributed by atoms with Gasteiger partial charge in [0.2, 0.25) is 0 Å². The van der Waals surface area contributed by atoms with E-state index in [1.54, 1.807) is 0 Å². The van der Waals surface area contributed by atoms with Crippen LogP contribution in [0.1, 0.15) is 55.8 Å². The highest BCUT2D eigenvalue weighted by molar-refractivity contribution is 5.97. The lowest BCUT2D eigenvalue weighted by Gasteiger charge is -2.33. The van der Waals surface area contributed by atoms with Crippen molar-refractivity contribution in [2.24, 2.45) is 5.41 Å². The van der Waals surface area contributed by atoms with Crippen LogP contribution in [0.2, 0.25) is 0 Å². The smallest absolute Gasteiger partial charge is 0.255 e. The molecule has 1 heterocycles. The van der Waals surface area contributed by atoms with Gasteiger partial charge in [-0.05, 0) is 44.6 Å². The Morgan fingerprint density at radius 2 is 2.04 bits per heavy atom. The first-order chi connectivity index (χ1) is 13.4. The van der Waals surface area contributed by atoms with Crippen molar-refractivity contribution in [3.05, 3.63) is 23.5 Å². The van der Waals surface area contributed by atoms with E-state index in [0.29, 0.717) is 38.9 Å². The first kappa shape index (κ1) is 20.6. The van der Waals surface area contributed by atoms with Crippen LogP contribution in [0.15, 0.2) is 12.1 Å². The molecule has 1 aliphatic heterocycles. The summed E-state index contributed by atoms with van der Waals surface area (Å²) in [5.74, 6) is -0.714. The Morgan fingerprint density at radius 1 is 1.29 bits per heavy atom. The number of carbonyl (C=O) groups excluding carboxylic acids is 2. The van der Waals surface area contributed by atoms with Crippen molar-refractivity contribution in [1.29, 1.82) is 0 Å². The zero-order chi connectivity index (χ0) is 20.1. The van der Waals surface area contributed by atoms with Gasteiger partial charge in [-0.2, -0.15) is 0 Å². The Balaban J connectivity index is 1.72. The van der Waals surface area contributed by atoms with Crippen LogP contribution < -0.4 is 14.8 Å². The average molecular weight is 393 g/mol. The number of ether oxygens (including phenoxy) is 3. The van der Waals surface area contributed by atoms with Crippen molar-refractivity contribution in [1.82, 2.24) is 5.32 Å². The van der Waals surface area contributed by atoms with Crippen molar-refractivity contribution in [2.75, 3.05) is 20.3 Å². The molecule has 28 heavy (non-hydrogen) atoms. The van der Waals surface area contributed by atoms with Crippen molar-refractivity contribution in [3.8, 4) is 11.5 Å². The number of aldehydes is 1. The van der Waals surface area contributed by atoms with E-state index in [-0.39, 0.29) is 40.5 Å². The number of nitrogens with one attached hydrogen (secondary N) is 1. The summed E-state index contributed by atoms with van der Waals surface area (Å²) in [4.78, 5) is 23.9. The fourth-order valence-corrected chi connectivity index (χ4v) is 3.76. The summed E-state index contributed by atoms with van der Waals surface area (Å²) in [7, 11) is 1.40. The lowest BCUT2D eigenvalue weighted by Crippen LogP contribution is -2.40. The first-order valence-electron chi connectivity index (χ1n) is 9.83. The Morgan fingerprint density at radius 3 is 2.64 bits per heavy atom. The summed E-state index contributed by atoms with van der Waals surface area (Å²) in [5, 5.41) is 2.92. The summed E-state index contributed by atoms with van der Waals surface area (Å²) < 4.78 is 30.9. The van der Waals surface area contributed by atoms with E-state index in [2.05, 4.69) is 5.32 Å². The maximum absolute atomic E-state index is 14.5. The molecule has 154 valence electrons. The number of carbonyl (C=O) groups is 2. The standard InChI is InChI=1S/C21H28FNO5/c1-21(13-24)7-5-15(6-8-21)28-19-10-16(18(26-2)11-17(19)22)20(25)23-14-4-3-9-27-12-14/h10-11,13-15H,3-9,12H2,1-2H3,(H,23,25)/t14-,15-,21+/m0/s1. The lowest BCUT2D eigenvalue weighted by atomic mass is 9.76. The highest BCUT2D eigenvalue weighted by Crippen LogP contribution is 2.37. The fourth-order valence-electron chi connectivity index (χ4n) is 3.76. The number of amides is 1. The number of benzene rings is 1. The van der Waals surface area contributed by atoms with Crippen molar-refractivity contribution < 1.29 is 28.2 Å². The van der Waals surface area contributed by atoms with Gasteiger partial charge in [-0.25, -0.2) is 4.39 Å². The summed E-state index contributed by atoms with van der Waals surface area (Å²) in [6.07, 6.45) is 5.29. The van der Waals surface area contributed by atoms with Gasteiger partial charge < -0.3 is 24.3 Å². The quantitative estimate of drug-likeness (QED) is 0.751. The Hall–Kier alpha value is -2.15. The molecular weight excluding hydrogens is 365 g/mol. The normalized spacial score (nSPS) is 27.7. The molecule has 2 fully saturated rings. The van der Waals surface area contributed by atoms with E-state index >= 15 is 0 Å². The third kappa shape index (κ3) is 4.82. The summed E-state index contributed by atoms with van der Waals surface area (Å²) in [6, 6.07) is 2.51. The Kier molecular flexibility index (Phi) is 6.54. The van der Waals surface area contributed by atoms with E-state index in [1.807, 2.05) is 6.92 Å². The third-order valence-electron chi connectivity index (χ3n) is 5.65. The van der Waals surface area contributed by atoms with E-state index in [0.717, 1.165) is 19.1 Å². The number of rotatable bonds is 6. The van der Waals surface area contributed by atoms with Gasteiger partial charge in [0.15, 0.2) is 11.6 Å². The molecule has 1 amide bonds. The average Bonchev–Trinajstić information content (AvgIpc) is 2.71. The number of hydrogen-bond donors (Lipinski definition) is 1. The van der Waals surface area contributed by atoms with Crippen LogP contribution in [-0.4, -0.2) is 44.7 Å². The van der Waals surface area contributed by atoms with Crippen molar-refractivity contribution >= 4 is 12.2 Å². The molecule has 1 saturated carbocycles. The van der Waals surface area contributed by atoms with Crippen LogP contribution in [0.3, 0.4) is 0 Å². The van der Waals surface area contributed by atoms with E-state index < -0.39 is 5.82 Å². The summed E-state index contributed by atoms with van der Waals surface area (Å²) in [5.41, 5.74) is -0.0937. The molecule has 1 atom stereocenters. The zero-order valence-electron chi connectivity index (χ0n) is 16.5. The minimum atomic E-state index is -0.571. The second kappa shape index (κ2) is 8.90. The van der Waals surface area contributed by atoms with Gasteiger partial charge in [-0.3, -0.25) is 4.79 Å². The number of hydrogen-bond acceptors (Lipinski definition) is 5. The second-order valence-electron chi connectivity index (χ2n) is 7.96. The molecule has 6 nitrogen and oxygen atoms in total. The SMILES string of the molecule is COc1cc(F)c(O[C@H]2CC[C@@](C)(C=O)CC2)cc1C(=O)N[C@H]1CCCOC1. The van der Waals surface area contributed by atoms with Crippen molar-refractivity contribution in [3.63, 3.8) is 0 Å². The molecule has 2 aliphatic rings. The largest absolute Gasteiger partial charge is 0.496 e. The third-order valence-corrected chi connectivity index (χ3v) is 5.65. The van der Waals surface area contributed by atoms with Crippen LogP contribution in [0, 0.1) is 11.2 Å². The van der Waals surface area contributed by atoms with Gasteiger partial charge in [0, 0.05) is 18.1 Å². The minimum absolute atomic E-state index is 0.0329. The molecule has 0 unspecified atom stereocenters. The molecule has 0 radical (unpaired) electrons. The van der Waals surface area contributed by atoms with Crippen LogP contribution in [0.5, 0.6) is 11.5 Å². The Bertz CT molecular complexity index is 709. The monoisotopic (exact) mass is 393 g/mol. The molecule has 1 saturated heterocycles. The van der Waals surface area contributed by atoms with Gasteiger partial charge in [-0.15, -0.1) is 0 Å². The lowest BCUT2D eigenvalue weighted by molar-refractivity contribution is -0.117. The summed E-state index contributed by atoms with van der Waals surface area (Å²) >= 11 is 0. The van der Waals surface area contributed by atoms with E-state index in [4.69, 9.17) is 14.2 Å². The zero-order valence-corrected chi connectivity index (χ0v) is 16.5. The molecule has 7 heteroatoms. The van der Waals surface area contributed by atoms with Gasteiger partial charge in [0.1, 0.15) is 12.0 Å². The fraction of sp³-hybridized carbons (Fsp3) is 0.619. The predicted octanol–water partition coefficient (Wildman–Crippen LogP) is 3.27. The van der Waals surface area contributed by atoms with Gasteiger partial charge in [-0.1, -0.05) is 6.92 Å². The topological polar surface area (TPSA) is 73.9 Å². The maximum Gasteiger partial charge on any atom is 0.255 e. The van der Waals surface area contributed by atoms with Gasteiger partial charge in [0.25, 0.3) is 5.91 Å². The van der Waals surface area contributed by atoms with Crippen LogP contribution in [0.25, 0.3) is 0 Å². The number of halogens is 1. The first-order valence-corrected chi connectivity index (χ1v) is 9.83. The van der Waals surface area contributed by atoms with E-state index in [1.165, 1.54) is 19.2 Å². The second-order valence-corrected chi connectivity index (χ2v) is 7.96.